The third kappa shape index (κ3) is 2.08. The minimum Gasteiger partial charge on any atom is -0.397 e. The van der Waals surface area contributed by atoms with Crippen LogP contribution in [0.3, 0.4) is 0 Å². The van der Waals surface area contributed by atoms with Crippen LogP contribution in [-0.2, 0) is 0 Å². The largest absolute Gasteiger partial charge is 0.397 e. The molecule has 0 aliphatic carbocycles. The van der Waals surface area contributed by atoms with Gasteiger partial charge in [-0.05, 0) is 6.07 Å². The molecule has 1 amide bonds. The zero-order valence-corrected chi connectivity index (χ0v) is 8.16. The molecule has 2 heterocycles. The van der Waals surface area contributed by atoms with E-state index in [-0.39, 0.29) is 5.95 Å². The smallest absolute Gasteiger partial charge is 0.260 e. The maximum Gasteiger partial charge on any atom is 0.260 e. The molecule has 16 heavy (non-hydrogen) atoms. The summed E-state index contributed by atoms with van der Waals surface area (Å²) in [5.41, 5.74) is 6.21. The standard InChI is InChI=1S/C9H8N6O/c10-7-5-11-2-1-6(7)8(16)14-9-12-3-4-13-15-9/h1-5H,10H2,(H,12,14,15,16). The fourth-order valence-electron chi connectivity index (χ4n) is 1.09. The molecule has 7 heteroatoms. The Hall–Kier alpha value is -2.57. The van der Waals surface area contributed by atoms with Gasteiger partial charge in [-0.15, -0.1) is 5.10 Å². The predicted molar refractivity (Wildman–Crippen MR) is 56.4 cm³/mol. The highest BCUT2D eigenvalue weighted by atomic mass is 16.1. The van der Waals surface area contributed by atoms with Crippen LogP contribution in [0.5, 0.6) is 0 Å². The number of amides is 1. The fraction of sp³-hybridized carbons (Fsp3) is 0. The van der Waals surface area contributed by atoms with Crippen LogP contribution in [0.4, 0.5) is 11.6 Å². The van der Waals surface area contributed by atoms with Gasteiger partial charge in [-0.1, -0.05) is 0 Å². The van der Waals surface area contributed by atoms with Gasteiger partial charge in [0, 0.05) is 6.20 Å². The van der Waals surface area contributed by atoms with Crippen LogP contribution in [0.25, 0.3) is 0 Å². The highest BCUT2D eigenvalue weighted by molar-refractivity contribution is 6.06. The molecule has 0 spiro atoms. The Morgan fingerprint density at radius 1 is 1.31 bits per heavy atom. The summed E-state index contributed by atoms with van der Waals surface area (Å²) in [5.74, 6) is -0.267. The van der Waals surface area contributed by atoms with Gasteiger partial charge in [0.1, 0.15) is 0 Å². The third-order valence-electron chi connectivity index (χ3n) is 1.80. The second kappa shape index (κ2) is 4.30. The number of nitrogens with zero attached hydrogens (tertiary/aromatic N) is 4. The Bertz CT molecular complexity index is 500. The molecule has 0 saturated carbocycles. The summed E-state index contributed by atoms with van der Waals surface area (Å²) in [5, 5.41) is 9.67. The Labute approximate surface area is 90.8 Å². The van der Waals surface area contributed by atoms with Gasteiger partial charge in [-0.2, -0.15) is 5.10 Å². The van der Waals surface area contributed by atoms with Gasteiger partial charge in [0.2, 0.25) is 5.95 Å². The molecule has 80 valence electrons. The first kappa shape index (κ1) is 9.97. The molecule has 0 fully saturated rings. The van der Waals surface area contributed by atoms with E-state index in [1.54, 1.807) is 0 Å². The molecule has 2 aromatic rings. The van der Waals surface area contributed by atoms with E-state index >= 15 is 0 Å². The first-order valence-corrected chi connectivity index (χ1v) is 4.42. The minimum absolute atomic E-state index is 0.128. The van der Waals surface area contributed by atoms with Gasteiger partial charge in [0.25, 0.3) is 5.91 Å². The summed E-state index contributed by atoms with van der Waals surface area (Å²) in [4.78, 5) is 19.3. The summed E-state index contributed by atoms with van der Waals surface area (Å²) < 4.78 is 0. The zero-order chi connectivity index (χ0) is 11.4. The predicted octanol–water partition coefficient (Wildman–Crippen LogP) is 0.101. The Balaban J connectivity index is 2.19. The topological polar surface area (TPSA) is 107 Å². The lowest BCUT2D eigenvalue weighted by Gasteiger charge is -2.04. The lowest BCUT2D eigenvalue weighted by atomic mass is 10.2. The number of carbonyl (C=O) groups is 1. The van der Waals surface area contributed by atoms with Crippen LogP contribution < -0.4 is 11.1 Å². The van der Waals surface area contributed by atoms with Crippen molar-refractivity contribution in [3.8, 4) is 0 Å². The lowest BCUT2D eigenvalue weighted by Crippen LogP contribution is -2.16. The summed E-state index contributed by atoms with van der Waals surface area (Å²) in [6, 6.07) is 1.51. The van der Waals surface area contributed by atoms with E-state index in [1.165, 1.54) is 30.9 Å². The maximum atomic E-state index is 11.7. The highest BCUT2D eigenvalue weighted by Gasteiger charge is 2.10. The number of carbonyl (C=O) groups excluding carboxylic acids is 1. The van der Waals surface area contributed by atoms with E-state index in [1.807, 2.05) is 0 Å². The summed E-state index contributed by atoms with van der Waals surface area (Å²) >= 11 is 0. The monoisotopic (exact) mass is 216 g/mol. The molecule has 2 rings (SSSR count). The van der Waals surface area contributed by atoms with Crippen LogP contribution in [0, 0.1) is 0 Å². The maximum absolute atomic E-state index is 11.7. The average molecular weight is 216 g/mol. The zero-order valence-electron chi connectivity index (χ0n) is 8.16. The number of nitrogen functional groups attached to an aromatic ring is 1. The molecule has 0 bridgehead atoms. The van der Waals surface area contributed by atoms with E-state index < -0.39 is 5.91 Å². The van der Waals surface area contributed by atoms with Crippen molar-refractivity contribution in [2.24, 2.45) is 0 Å². The molecule has 0 aliphatic heterocycles. The number of hydrogen-bond acceptors (Lipinski definition) is 6. The van der Waals surface area contributed by atoms with Crippen molar-refractivity contribution in [3.05, 3.63) is 36.4 Å². The van der Waals surface area contributed by atoms with Crippen molar-refractivity contribution in [1.82, 2.24) is 20.2 Å². The van der Waals surface area contributed by atoms with Crippen molar-refractivity contribution in [2.75, 3.05) is 11.1 Å². The van der Waals surface area contributed by atoms with E-state index in [0.717, 1.165) is 0 Å². The molecule has 0 aliphatic rings. The Kier molecular flexibility index (Phi) is 2.68. The SMILES string of the molecule is Nc1cnccc1C(=O)Nc1nccnn1. The third-order valence-corrected chi connectivity index (χ3v) is 1.80. The first-order valence-electron chi connectivity index (χ1n) is 4.42. The van der Waals surface area contributed by atoms with Crippen molar-refractivity contribution >= 4 is 17.5 Å². The second-order valence-electron chi connectivity index (χ2n) is 2.88. The Morgan fingerprint density at radius 2 is 2.19 bits per heavy atom. The van der Waals surface area contributed by atoms with E-state index in [9.17, 15) is 4.79 Å². The molecule has 0 unspecified atom stereocenters. The number of nitrogens with two attached hydrogens (primary N) is 1. The molecule has 7 nitrogen and oxygen atoms in total. The highest BCUT2D eigenvalue weighted by Crippen LogP contribution is 2.09. The van der Waals surface area contributed by atoms with Crippen LogP contribution in [0.1, 0.15) is 10.4 Å². The van der Waals surface area contributed by atoms with Crippen LogP contribution in [-0.4, -0.2) is 26.1 Å². The van der Waals surface area contributed by atoms with Gasteiger partial charge >= 0.3 is 0 Å². The molecule has 0 atom stereocenters. The summed E-state index contributed by atoms with van der Waals surface area (Å²) in [6.07, 6.45) is 5.73. The molecule has 3 N–H and O–H groups in total. The van der Waals surface area contributed by atoms with E-state index in [2.05, 4.69) is 25.5 Å². The number of anilines is 2. The first-order chi connectivity index (χ1) is 7.77. The van der Waals surface area contributed by atoms with Crippen LogP contribution in [0.2, 0.25) is 0 Å². The van der Waals surface area contributed by atoms with Crippen molar-refractivity contribution in [2.45, 2.75) is 0 Å². The molecular formula is C9H8N6O. The van der Waals surface area contributed by atoms with Gasteiger partial charge in [0.15, 0.2) is 0 Å². The fourth-order valence-corrected chi connectivity index (χ4v) is 1.09. The van der Waals surface area contributed by atoms with Crippen molar-refractivity contribution in [1.29, 1.82) is 0 Å². The lowest BCUT2D eigenvalue weighted by molar-refractivity contribution is 0.102. The van der Waals surface area contributed by atoms with Gasteiger partial charge in [0.05, 0.1) is 29.8 Å². The van der Waals surface area contributed by atoms with Crippen molar-refractivity contribution in [3.63, 3.8) is 0 Å². The second-order valence-corrected chi connectivity index (χ2v) is 2.88. The van der Waals surface area contributed by atoms with Gasteiger partial charge in [-0.25, -0.2) is 4.98 Å². The number of aromatic nitrogens is 4. The number of hydrogen-bond donors (Lipinski definition) is 2. The van der Waals surface area contributed by atoms with Gasteiger partial charge < -0.3 is 5.73 Å². The molecule has 0 radical (unpaired) electrons. The average Bonchev–Trinajstić information content (AvgIpc) is 2.31. The van der Waals surface area contributed by atoms with Crippen LogP contribution in [0.15, 0.2) is 30.9 Å². The molecule has 0 saturated heterocycles. The van der Waals surface area contributed by atoms with Crippen LogP contribution >= 0.6 is 0 Å². The molecule has 0 aromatic carbocycles. The normalized spacial score (nSPS) is 9.75. The number of nitrogens with one attached hydrogen (secondary N) is 1. The quantitative estimate of drug-likeness (QED) is 0.737. The van der Waals surface area contributed by atoms with E-state index in [0.29, 0.717) is 11.3 Å². The Morgan fingerprint density at radius 3 is 2.88 bits per heavy atom. The summed E-state index contributed by atoms with van der Waals surface area (Å²) in [6.45, 7) is 0. The number of pyridine rings is 1. The van der Waals surface area contributed by atoms with Gasteiger partial charge in [-0.3, -0.25) is 15.1 Å². The van der Waals surface area contributed by atoms with Crippen molar-refractivity contribution < 1.29 is 4.79 Å². The number of rotatable bonds is 2. The molecule has 2 aromatic heterocycles. The minimum atomic E-state index is -0.395. The molecular weight excluding hydrogens is 208 g/mol. The summed E-state index contributed by atoms with van der Waals surface area (Å²) in [7, 11) is 0. The van der Waals surface area contributed by atoms with E-state index in [4.69, 9.17) is 5.73 Å².